The summed E-state index contributed by atoms with van der Waals surface area (Å²) in [6.07, 6.45) is 3.37. The van der Waals surface area contributed by atoms with E-state index >= 15 is 0 Å². The molecule has 5 nitrogen and oxygen atoms in total. The Morgan fingerprint density at radius 1 is 1.33 bits per heavy atom. The van der Waals surface area contributed by atoms with Gasteiger partial charge in [-0.05, 0) is 49.4 Å². The van der Waals surface area contributed by atoms with Crippen molar-refractivity contribution in [2.45, 2.75) is 33.1 Å². The number of sulfonamides is 1. The maximum atomic E-state index is 12.4. The average molecular weight is 373 g/mol. The van der Waals surface area contributed by atoms with Crippen molar-refractivity contribution in [2.75, 3.05) is 30.2 Å². The Labute approximate surface area is 149 Å². The zero-order valence-electron chi connectivity index (χ0n) is 14.5. The highest BCUT2D eigenvalue weighted by Crippen LogP contribution is 2.26. The first-order chi connectivity index (χ1) is 11.2. The van der Waals surface area contributed by atoms with Crippen LogP contribution < -0.4 is 4.31 Å². The number of hydrogen-bond acceptors (Lipinski definition) is 3. The van der Waals surface area contributed by atoms with Crippen LogP contribution in [0.3, 0.4) is 0 Å². The maximum absolute atomic E-state index is 12.4. The number of carbonyl (C=O) groups excluding carboxylic acids is 1. The molecule has 1 saturated heterocycles. The minimum Gasteiger partial charge on any atom is -0.343 e. The van der Waals surface area contributed by atoms with Gasteiger partial charge in [-0.2, -0.15) is 0 Å². The largest absolute Gasteiger partial charge is 0.343 e. The summed E-state index contributed by atoms with van der Waals surface area (Å²) in [5, 5.41) is 0.559. The second-order valence-electron chi connectivity index (χ2n) is 6.58. The van der Waals surface area contributed by atoms with E-state index in [1.807, 2.05) is 11.8 Å². The van der Waals surface area contributed by atoms with Crippen LogP contribution >= 0.6 is 11.6 Å². The zero-order chi connectivity index (χ0) is 17.9. The highest BCUT2D eigenvalue weighted by Gasteiger charge is 2.24. The fourth-order valence-corrected chi connectivity index (χ4v) is 4.19. The van der Waals surface area contributed by atoms with Gasteiger partial charge in [0.15, 0.2) is 0 Å². The maximum Gasteiger partial charge on any atom is 0.232 e. The predicted octanol–water partition coefficient (Wildman–Crippen LogP) is 3.06. The normalized spacial score (nSPS) is 16.2. The van der Waals surface area contributed by atoms with Gasteiger partial charge in [0.1, 0.15) is 0 Å². The number of hydrogen-bond donors (Lipinski definition) is 0. The summed E-state index contributed by atoms with van der Waals surface area (Å²) in [5.41, 5.74) is 1.34. The van der Waals surface area contributed by atoms with Crippen LogP contribution in [-0.2, 0) is 14.8 Å². The number of likely N-dealkylation sites (tertiary alicyclic amines) is 1. The molecule has 0 spiro atoms. The molecule has 1 amide bonds. The standard InChI is InChI=1S/C17H25ClN2O3S/c1-13-6-9-19(10-7-13)17(21)8-11-20(24(3,22)23)16-5-4-15(18)12-14(16)2/h4-5,12-13H,6-11H2,1-3H3. The average Bonchev–Trinajstić information content (AvgIpc) is 2.48. The molecule has 1 aliphatic heterocycles. The highest BCUT2D eigenvalue weighted by atomic mass is 35.5. The van der Waals surface area contributed by atoms with Crippen LogP contribution in [0, 0.1) is 12.8 Å². The van der Waals surface area contributed by atoms with Crippen LogP contribution in [0.2, 0.25) is 5.02 Å². The third-order valence-electron chi connectivity index (χ3n) is 4.49. The number of anilines is 1. The lowest BCUT2D eigenvalue weighted by molar-refractivity contribution is -0.132. The zero-order valence-corrected chi connectivity index (χ0v) is 16.0. The van der Waals surface area contributed by atoms with E-state index in [0.29, 0.717) is 16.6 Å². The van der Waals surface area contributed by atoms with Gasteiger partial charge in [0.2, 0.25) is 15.9 Å². The van der Waals surface area contributed by atoms with Gasteiger partial charge in [-0.25, -0.2) is 8.42 Å². The van der Waals surface area contributed by atoms with Crippen molar-refractivity contribution in [3.63, 3.8) is 0 Å². The third kappa shape index (κ3) is 4.86. The second kappa shape index (κ2) is 7.74. The number of rotatable bonds is 5. The lowest BCUT2D eigenvalue weighted by Gasteiger charge is -2.31. The van der Waals surface area contributed by atoms with Crippen LogP contribution in [0.25, 0.3) is 0 Å². The molecule has 0 unspecified atom stereocenters. The van der Waals surface area contributed by atoms with Crippen molar-refractivity contribution in [1.29, 1.82) is 0 Å². The molecule has 1 aliphatic rings. The summed E-state index contributed by atoms with van der Waals surface area (Å²) in [6, 6.07) is 5.07. The molecular weight excluding hydrogens is 348 g/mol. The van der Waals surface area contributed by atoms with Gasteiger partial charge in [-0.15, -0.1) is 0 Å². The van der Waals surface area contributed by atoms with Gasteiger partial charge >= 0.3 is 0 Å². The summed E-state index contributed by atoms with van der Waals surface area (Å²) < 4.78 is 25.6. The second-order valence-corrected chi connectivity index (χ2v) is 8.92. The first-order valence-electron chi connectivity index (χ1n) is 8.20. The van der Waals surface area contributed by atoms with Crippen molar-refractivity contribution in [3.05, 3.63) is 28.8 Å². The van der Waals surface area contributed by atoms with Crippen molar-refractivity contribution in [3.8, 4) is 0 Å². The van der Waals surface area contributed by atoms with E-state index in [2.05, 4.69) is 6.92 Å². The summed E-state index contributed by atoms with van der Waals surface area (Å²) in [7, 11) is -3.47. The van der Waals surface area contributed by atoms with Crippen LogP contribution in [-0.4, -0.2) is 45.1 Å². The first-order valence-corrected chi connectivity index (χ1v) is 10.4. The predicted molar refractivity (Wildman–Crippen MR) is 98.0 cm³/mol. The quantitative estimate of drug-likeness (QED) is 0.798. The Kier molecular flexibility index (Phi) is 6.15. The molecule has 1 heterocycles. The van der Waals surface area contributed by atoms with Gasteiger partial charge in [0.05, 0.1) is 11.9 Å². The van der Waals surface area contributed by atoms with E-state index in [0.717, 1.165) is 37.8 Å². The monoisotopic (exact) mass is 372 g/mol. The Bertz CT molecular complexity index is 698. The van der Waals surface area contributed by atoms with Gasteiger partial charge < -0.3 is 4.90 Å². The molecule has 0 atom stereocenters. The molecule has 0 radical (unpaired) electrons. The molecule has 0 aliphatic carbocycles. The summed E-state index contributed by atoms with van der Waals surface area (Å²) >= 11 is 5.95. The smallest absolute Gasteiger partial charge is 0.232 e. The van der Waals surface area contributed by atoms with Gasteiger partial charge in [0, 0.05) is 31.1 Å². The van der Waals surface area contributed by atoms with Gasteiger partial charge in [0.25, 0.3) is 0 Å². The minimum atomic E-state index is -3.47. The minimum absolute atomic E-state index is 0.0159. The molecule has 7 heteroatoms. The van der Waals surface area contributed by atoms with Crippen molar-refractivity contribution in [1.82, 2.24) is 4.90 Å². The fourth-order valence-electron chi connectivity index (χ4n) is 2.98. The lowest BCUT2D eigenvalue weighted by atomic mass is 9.99. The van der Waals surface area contributed by atoms with E-state index in [4.69, 9.17) is 11.6 Å². The first kappa shape index (κ1) is 19.1. The number of halogens is 1. The van der Waals surface area contributed by atoms with E-state index in [-0.39, 0.29) is 18.9 Å². The Morgan fingerprint density at radius 2 is 1.96 bits per heavy atom. The van der Waals surface area contributed by atoms with E-state index in [1.165, 1.54) is 4.31 Å². The van der Waals surface area contributed by atoms with Crippen molar-refractivity contribution >= 4 is 33.2 Å². The molecule has 0 bridgehead atoms. The molecule has 2 rings (SSSR count). The summed E-state index contributed by atoms with van der Waals surface area (Å²) in [4.78, 5) is 14.2. The topological polar surface area (TPSA) is 57.7 Å². The van der Waals surface area contributed by atoms with Crippen molar-refractivity contribution in [2.24, 2.45) is 5.92 Å². The summed E-state index contributed by atoms with van der Waals surface area (Å²) in [5.74, 6) is 0.667. The molecule has 1 aromatic rings. The van der Waals surface area contributed by atoms with Crippen LogP contribution in [0.15, 0.2) is 18.2 Å². The number of amides is 1. The SMILES string of the molecule is Cc1cc(Cl)ccc1N(CCC(=O)N1CCC(C)CC1)S(C)(=O)=O. The number of piperidine rings is 1. The van der Waals surface area contributed by atoms with Gasteiger partial charge in [-0.1, -0.05) is 18.5 Å². The third-order valence-corrected chi connectivity index (χ3v) is 5.91. The fraction of sp³-hybridized carbons (Fsp3) is 0.588. The molecule has 0 aromatic heterocycles. The molecule has 1 fully saturated rings. The van der Waals surface area contributed by atoms with E-state index in [1.54, 1.807) is 18.2 Å². The highest BCUT2D eigenvalue weighted by molar-refractivity contribution is 7.92. The molecule has 1 aromatic carbocycles. The van der Waals surface area contributed by atoms with Crippen LogP contribution in [0.4, 0.5) is 5.69 Å². The Balaban J connectivity index is 2.09. The van der Waals surface area contributed by atoms with Crippen LogP contribution in [0.1, 0.15) is 31.7 Å². The number of aryl methyl sites for hydroxylation is 1. The molecule has 0 saturated carbocycles. The molecule has 24 heavy (non-hydrogen) atoms. The Hall–Kier alpha value is -1.27. The van der Waals surface area contributed by atoms with E-state index < -0.39 is 10.0 Å². The van der Waals surface area contributed by atoms with Crippen LogP contribution in [0.5, 0.6) is 0 Å². The summed E-state index contributed by atoms with van der Waals surface area (Å²) in [6.45, 7) is 5.67. The number of benzene rings is 1. The van der Waals surface area contributed by atoms with Gasteiger partial charge in [-0.3, -0.25) is 9.10 Å². The number of nitrogens with zero attached hydrogens (tertiary/aromatic N) is 2. The van der Waals surface area contributed by atoms with Crippen molar-refractivity contribution < 1.29 is 13.2 Å². The Morgan fingerprint density at radius 3 is 2.50 bits per heavy atom. The molecule has 134 valence electrons. The molecular formula is C17H25ClN2O3S. The molecule has 0 N–H and O–H groups in total. The lowest BCUT2D eigenvalue weighted by Crippen LogP contribution is -2.40. The van der Waals surface area contributed by atoms with E-state index in [9.17, 15) is 13.2 Å². The number of carbonyl (C=O) groups is 1.